The number of carbonyl (C=O) groups excluding carboxylic acids is 1. The number of carboxylic acid groups (broad SMARTS) is 1. The molecule has 0 bridgehead atoms. The molecule has 2 aliphatic rings. The Bertz CT molecular complexity index is 390. The van der Waals surface area contributed by atoms with E-state index in [1.54, 1.807) is 4.90 Å². The summed E-state index contributed by atoms with van der Waals surface area (Å²) in [6.45, 7) is 1.28. The summed E-state index contributed by atoms with van der Waals surface area (Å²) in [5.74, 6) is -0.844. The Hall–Kier alpha value is -1.34. The van der Waals surface area contributed by atoms with Gasteiger partial charge in [0, 0.05) is 25.6 Å². The highest BCUT2D eigenvalue weighted by atomic mass is 16.5. The lowest BCUT2D eigenvalue weighted by Crippen LogP contribution is -2.56. The van der Waals surface area contributed by atoms with Crippen LogP contribution in [0.3, 0.4) is 0 Å². The summed E-state index contributed by atoms with van der Waals surface area (Å²) in [6.07, 6.45) is 4.64. The van der Waals surface area contributed by atoms with Gasteiger partial charge in [-0.05, 0) is 19.3 Å². The third-order valence-corrected chi connectivity index (χ3v) is 4.46. The molecule has 3 N–H and O–H groups in total. The maximum atomic E-state index is 12.0. The number of nitrogens with zero attached hydrogens (tertiary/aromatic N) is 1. The Morgan fingerprint density at radius 2 is 2.14 bits per heavy atom. The number of urea groups is 1. The molecule has 7 nitrogen and oxygen atoms in total. The Morgan fingerprint density at radius 3 is 2.90 bits per heavy atom. The number of aliphatic carboxylic acids is 1. The molecular weight excluding hydrogens is 276 g/mol. The van der Waals surface area contributed by atoms with E-state index in [0.717, 1.165) is 25.7 Å². The van der Waals surface area contributed by atoms with Gasteiger partial charge in [0.2, 0.25) is 0 Å². The van der Waals surface area contributed by atoms with Gasteiger partial charge in [-0.1, -0.05) is 12.8 Å². The van der Waals surface area contributed by atoms with Crippen LogP contribution in [0.1, 0.15) is 32.1 Å². The zero-order valence-corrected chi connectivity index (χ0v) is 12.2. The van der Waals surface area contributed by atoms with Crippen molar-refractivity contribution in [3.8, 4) is 0 Å². The zero-order chi connectivity index (χ0) is 15.3. The van der Waals surface area contributed by atoms with Crippen LogP contribution >= 0.6 is 0 Å². The normalized spacial score (nSPS) is 28.8. The van der Waals surface area contributed by atoms with Crippen molar-refractivity contribution in [2.45, 2.75) is 37.7 Å². The number of amides is 2. The maximum Gasteiger partial charge on any atom is 0.329 e. The second-order valence-corrected chi connectivity index (χ2v) is 5.92. The predicted octanol–water partition coefficient (Wildman–Crippen LogP) is 0.424. The number of aliphatic hydroxyl groups is 1. The first-order valence-electron chi connectivity index (χ1n) is 7.56. The summed E-state index contributed by atoms with van der Waals surface area (Å²) in [7, 11) is 0. The van der Waals surface area contributed by atoms with Gasteiger partial charge in [0.05, 0.1) is 12.2 Å². The largest absolute Gasteiger partial charge is 0.480 e. The van der Waals surface area contributed by atoms with E-state index in [-0.39, 0.29) is 31.7 Å². The molecule has 1 saturated heterocycles. The number of likely N-dealkylation sites (tertiary alicyclic amines) is 1. The van der Waals surface area contributed by atoms with Crippen LogP contribution < -0.4 is 5.32 Å². The molecular formula is C14H24N2O5. The van der Waals surface area contributed by atoms with Gasteiger partial charge in [-0.2, -0.15) is 0 Å². The first kappa shape index (κ1) is 16.0. The van der Waals surface area contributed by atoms with E-state index < -0.39 is 11.6 Å². The molecule has 0 radical (unpaired) electrons. The van der Waals surface area contributed by atoms with Crippen molar-refractivity contribution in [2.24, 2.45) is 5.92 Å². The SMILES string of the molecule is O=C(O)COCCNC(=O)N1CCC2(O)CCCCC2C1. The molecule has 2 amide bonds. The van der Waals surface area contributed by atoms with Crippen LogP contribution in [0, 0.1) is 5.92 Å². The van der Waals surface area contributed by atoms with Gasteiger partial charge < -0.3 is 25.2 Å². The Morgan fingerprint density at radius 1 is 1.33 bits per heavy atom. The molecule has 0 spiro atoms. The van der Waals surface area contributed by atoms with Crippen LogP contribution in [-0.4, -0.2) is 65.6 Å². The number of fused-ring (bicyclic) bond motifs is 1. The summed E-state index contributed by atoms with van der Waals surface area (Å²) in [5, 5.41) is 21.7. The zero-order valence-electron chi connectivity index (χ0n) is 12.2. The molecule has 7 heteroatoms. The molecule has 0 aromatic carbocycles. The first-order valence-corrected chi connectivity index (χ1v) is 7.56. The molecule has 21 heavy (non-hydrogen) atoms. The second kappa shape index (κ2) is 7.09. The summed E-state index contributed by atoms with van der Waals surface area (Å²) in [6, 6.07) is -0.165. The Balaban J connectivity index is 1.70. The standard InChI is InChI=1S/C14H24N2O5/c17-12(18)10-21-8-6-15-13(19)16-7-5-14(20)4-2-1-3-11(14)9-16/h11,20H,1-10H2,(H,15,19)(H,17,18). The van der Waals surface area contributed by atoms with Crippen molar-refractivity contribution in [1.29, 1.82) is 0 Å². The number of piperidine rings is 1. The highest BCUT2D eigenvalue weighted by Gasteiger charge is 2.43. The number of hydrogen-bond acceptors (Lipinski definition) is 4. The minimum atomic E-state index is -1.02. The minimum Gasteiger partial charge on any atom is -0.480 e. The van der Waals surface area contributed by atoms with Crippen LogP contribution in [-0.2, 0) is 9.53 Å². The lowest BCUT2D eigenvalue weighted by molar-refractivity contribution is -0.142. The fourth-order valence-electron chi connectivity index (χ4n) is 3.26. The highest BCUT2D eigenvalue weighted by molar-refractivity contribution is 5.74. The summed E-state index contributed by atoms with van der Waals surface area (Å²) in [5.41, 5.74) is -0.584. The third-order valence-electron chi connectivity index (χ3n) is 4.46. The number of ether oxygens (including phenoxy) is 1. The van der Waals surface area contributed by atoms with Crippen molar-refractivity contribution in [3.05, 3.63) is 0 Å². The Labute approximate surface area is 124 Å². The van der Waals surface area contributed by atoms with Gasteiger partial charge in [-0.25, -0.2) is 9.59 Å². The van der Waals surface area contributed by atoms with Crippen LogP contribution in [0.4, 0.5) is 4.79 Å². The van der Waals surface area contributed by atoms with Crippen LogP contribution in [0.25, 0.3) is 0 Å². The van der Waals surface area contributed by atoms with Crippen LogP contribution in [0.5, 0.6) is 0 Å². The van der Waals surface area contributed by atoms with Crippen molar-refractivity contribution in [2.75, 3.05) is 32.8 Å². The molecule has 2 rings (SSSR count). The minimum absolute atomic E-state index is 0.165. The fraction of sp³-hybridized carbons (Fsp3) is 0.857. The van der Waals surface area contributed by atoms with Gasteiger partial charge in [0.1, 0.15) is 6.61 Å². The summed E-state index contributed by atoms with van der Waals surface area (Å²) < 4.78 is 4.86. The molecule has 1 aliphatic carbocycles. The van der Waals surface area contributed by atoms with Gasteiger partial charge in [0.25, 0.3) is 0 Å². The fourth-order valence-corrected chi connectivity index (χ4v) is 3.26. The van der Waals surface area contributed by atoms with Crippen molar-refractivity contribution in [3.63, 3.8) is 0 Å². The van der Waals surface area contributed by atoms with Gasteiger partial charge in [-0.15, -0.1) is 0 Å². The number of nitrogens with one attached hydrogen (secondary N) is 1. The molecule has 2 fully saturated rings. The van der Waals surface area contributed by atoms with Gasteiger partial charge in [0.15, 0.2) is 0 Å². The van der Waals surface area contributed by atoms with Crippen molar-refractivity contribution < 1.29 is 24.5 Å². The maximum absolute atomic E-state index is 12.0. The predicted molar refractivity (Wildman–Crippen MR) is 75.0 cm³/mol. The molecule has 120 valence electrons. The van der Waals surface area contributed by atoms with Crippen LogP contribution in [0.15, 0.2) is 0 Å². The average molecular weight is 300 g/mol. The third kappa shape index (κ3) is 4.31. The summed E-state index contributed by atoms with van der Waals surface area (Å²) >= 11 is 0. The van der Waals surface area contributed by atoms with E-state index in [2.05, 4.69) is 5.32 Å². The van der Waals surface area contributed by atoms with E-state index in [1.807, 2.05) is 0 Å². The molecule has 1 saturated carbocycles. The van der Waals surface area contributed by atoms with Crippen LogP contribution in [0.2, 0.25) is 0 Å². The van der Waals surface area contributed by atoms with Gasteiger partial charge >= 0.3 is 12.0 Å². The summed E-state index contributed by atoms with van der Waals surface area (Å²) in [4.78, 5) is 24.0. The van der Waals surface area contributed by atoms with Crippen molar-refractivity contribution in [1.82, 2.24) is 10.2 Å². The Kier molecular flexibility index (Phi) is 5.41. The van der Waals surface area contributed by atoms with E-state index in [4.69, 9.17) is 9.84 Å². The molecule has 0 aromatic rings. The molecule has 2 unspecified atom stereocenters. The van der Waals surface area contributed by atoms with E-state index in [9.17, 15) is 14.7 Å². The van der Waals surface area contributed by atoms with E-state index in [1.165, 1.54) is 0 Å². The molecule has 2 atom stereocenters. The number of rotatable bonds is 5. The second-order valence-electron chi connectivity index (χ2n) is 5.92. The first-order chi connectivity index (χ1) is 10.0. The van der Waals surface area contributed by atoms with E-state index in [0.29, 0.717) is 19.5 Å². The number of carbonyl (C=O) groups is 2. The molecule has 1 aliphatic heterocycles. The lowest BCUT2D eigenvalue weighted by atomic mass is 9.71. The van der Waals surface area contributed by atoms with Gasteiger partial charge in [-0.3, -0.25) is 0 Å². The highest BCUT2D eigenvalue weighted by Crippen LogP contribution is 2.39. The number of hydrogen-bond donors (Lipinski definition) is 3. The molecule has 1 heterocycles. The lowest BCUT2D eigenvalue weighted by Gasteiger charge is -2.47. The van der Waals surface area contributed by atoms with E-state index >= 15 is 0 Å². The smallest absolute Gasteiger partial charge is 0.329 e. The quantitative estimate of drug-likeness (QED) is 0.639. The topological polar surface area (TPSA) is 99.1 Å². The number of carboxylic acids is 1. The average Bonchev–Trinajstić information content (AvgIpc) is 2.45. The monoisotopic (exact) mass is 300 g/mol. The van der Waals surface area contributed by atoms with Crippen molar-refractivity contribution >= 4 is 12.0 Å². The molecule has 0 aromatic heterocycles.